The van der Waals surface area contributed by atoms with Gasteiger partial charge < -0.3 is 14.2 Å². The largest absolute Gasteiger partial charge is 0.462 e. The summed E-state index contributed by atoms with van der Waals surface area (Å²) in [5, 5.41) is 0. The number of rotatable bonds is 55. The maximum Gasteiger partial charge on any atom is 0.306 e. The lowest BCUT2D eigenvalue weighted by Crippen LogP contribution is -2.30. The molecule has 0 bridgehead atoms. The third-order valence-corrected chi connectivity index (χ3v) is 12.9. The lowest BCUT2D eigenvalue weighted by molar-refractivity contribution is -0.166. The van der Waals surface area contributed by atoms with Gasteiger partial charge in [-0.3, -0.25) is 14.4 Å². The van der Waals surface area contributed by atoms with Gasteiger partial charge in [-0.25, -0.2) is 0 Å². The van der Waals surface area contributed by atoms with E-state index in [0.717, 1.165) is 96.3 Å². The molecule has 0 aliphatic carbocycles. The van der Waals surface area contributed by atoms with E-state index >= 15 is 0 Å². The third kappa shape index (κ3) is 62.0. The van der Waals surface area contributed by atoms with E-state index in [1.165, 1.54) is 116 Å². The van der Waals surface area contributed by atoms with E-state index in [1.807, 2.05) is 24.3 Å². The number of allylic oxidation sites excluding steroid dienone is 24. The molecule has 0 saturated carbocycles. The molecule has 0 aromatic rings. The molecule has 0 heterocycles. The van der Waals surface area contributed by atoms with Gasteiger partial charge in [0.15, 0.2) is 6.10 Å². The first-order chi connectivity index (χ1) is 38.0. The van der Waals surface area contributed by atoms with E-state index in [1.54, 1.807) is 0 Å². The zero-order valence-electron chi connectivity index (χ0n) is 49.7. The summed E-state index contributed by atoms with van der Waals surface area (Å²) >= 11 is 0. The molecule has 0 aliphatic heterocycles. The number of carbonyl (C=O) groups is 3. The average Bonchev–Trinajstić information content (AvgIpc) is 3.43. The van der Waals surface area contributed by atoms with Crippen molar-refractivity contribution >= 4 is 17.9 Å². The minimum atomic E-state index is -0.845. The van der Waals surface area contributed by atoms with Crippen LogP contribution in [0.25, 0.3) is 0 Å². The van der Waals surface area contributed by atoms with Crippen LogP contribution in [0.15, 0.2) is 146 Å². The average molecular weight is 1060 g/mol. The van der Waals surface area contributed by atoms with Gasteiger partial charge in [0.25, 0.3) is 0 Å². The van der Waals surface area contributed by atoms with Crippen molar-refractivity contribution in [3.63, 3.8) is 0 Å². The predicted octanol–water partition coefficient (Wildman–Crippen LogP) is 21.5. The zero-order chi connectivity index (χ0) is 55.7. The molecular formula is C71H114O6. The van der Waals surface area contributed by atoms with E-state index < -0.39 is 6.10 Å². The van der Waals surface area contributed by atoms with Crippen molar-refractivity contribution < 1.29 is 28.6 Å². The summed E-state index contributed by atoms with van der Waals surface area (Å²) in [5.41, 5.74) is 0. The van der Waals surface area contributed by atoms with Crippen molar-refractivity contribution in [3.05, 3.63) is 146 Å². The van der Waals surface area contributed by atoms with Crippen molar-refractivity contribution in [2.45, 2.75) is 271 Å². The molecule has 0 radical (unpaired) electrons. The molecule has 0 amide bonds. The van der Waals surface area contributed by atoms with Gasteiger partial charge >= 0.3 is 17.9 Å². The lowest BCUT2D eigenvalue weighted by Gasteiger charge is -2.18. The van der Waals surface area contributed by atoms with Gasteiger partial charge in [0.05, 0.1) is 0 Å². The summed E-state index contributed by atoms with van der Waals surface area (Å²) < 4.78 is 16.8. The second kappa shape index (κ2) is 63.8. The van der Waals surface area contributed by atoms with E-state index in [4.69, 9.17) is 14.2 Å². The van der Waals surface area contributed by atoms with E-state index in [2.05, 4.69) is 142 Å². The van der Waals surface area contributed by atoms with Gasteiger partial charge in [0.2, 0.25) is 0 Å². The Balaban J connectivity index is 4.58. The number of esters is 3. The molecule has 0 atom stereocenters. The van der Waals surface area contributed by atoms with E-state index in [0.29, 0.717) is 19.3 Å². The Morgan fingerprint density at radius 2 is 0.506 bits per heavy atom. The fourth-order valence-corrected chi connectivity index (χ4v) is 8.26. The lowest BCUT2D eigenvalue weighted by atomic mass is 10.0. The molecule has 6 nitrogen and oxygen atoms in total. The summed E-state index contributed by atoms with van der Waals surface area (Å²) in [6.07, 6.45) is 91.6. The standard InChI is InChI=1S/C71H114O6/c1-4-7-10-13-16-19-22-25-28-31-34-35-38-41-44-47-50-53-56-59-62-65-71(74)77-68(66-75-69(72)63-60-57-54-51-48-45-42-39-36-32-29-26-23-20-17-14-11-8-5-2)67-76-70(73)64-61-58-55-52-49-46-43-40-37-33-30-27-24-21-18-15-12-9-6-3/h8-9,11-12,17-18,20-21,26-27,29-30,36-37,39-40,45-46,48-49,54-55,57-58,68H,4-7,10,13-16,19,22-25,28,31-35,38,41-44,47,50-53,56,59-67H2,1-3H3/b11-8-,12-9-,20-17-,21-18-,29-26-,30-27-,39-36-,40-37-,48-45-,49-46-,57-54-,58-55-. The molecule has 77 heavy (non-hydrogen) atoms. The molecule has 0 fully saturated rings. The summed E-state index contributed by atoms with van der Waals surface area (Å²) in [6, 6.07) is 0. The SMILES string of the molecule is CC/C=C\C/C=C\C/C=C\C/C=C\C/C=C\C/C=C\CCC(=O)OCC(COC(=O)CC/C=C\C/C=C\C/C=C\C/C=C\C/C=C\C/C=C\CC)OC(=O)CCCCCCCCCCCCCCCCCCCCCCC. The normalized spacial score (nSPS) is 12.8. The maximum absolute atomic E-state index is 12.9. The summed E-state index contributed by atoms with van der Waals surface area (Å²) in [7, 11) is 0. The van der Waals surface area contributed by atoms with Crippen LogP contribution >= 0.6 is 0 Å². The molecule has 0 aliphatic rings. The van der Waals surface area contributed by atoms with Crippen LogP contribution in [-0.2, 0) is 28.6 Å². The number of hydrogen-bond donors (Lipinski definition) is 0. The third-order valence-electron chi connectivity index (χ3n) is 12.9. The monoisotopic (exact) mass is 1060 g/mol. The van der Waals surface area contributed by atoms with Gasteiger partial charge in [-0.2, -0.15) is 0 Å². The van der Waals surface area contributed by atoms with E-state index in [-0.39, 0.29) is 44.0 Å². The highest BCUT2D eigenvalue weighted by Gasteiger charge is 2.19. The molecule has 0 spiro atoms. The fourth-order valence-electron chi connectivity index (χ4n) is 8.26. The quantitative estimate of drug-likeness (QED) is 0.0261. The number of ether oxygens (including phenoxy) is 3. The Morgan fingerprint density at radius 3 is 0.766 bits per heavy atom. The second-order valence-electron chi connectivity index (χ2n) is 20.2. The molecular weight excluding hydrogens is 949 g/mol. The molecule has 0 aromatic carbocycles. The maximum atomic E-state index is 12.9. The van der Waals surface area contributed by atoms with E-state index in [9.17, 15) is 14.4 Å². The van der Waals surface area contributed by atoms with Gasteiger partial charge in [-0.05, 0) is 96.3 Å². The predicted molar refractivity (Wildman–Crippen MR) is 334 cm³/mol. The molecule has 0 saturated heterocycles. The van der Waals surface area contributed by atoms with Crippen LogP contribution in [0.1, 0.15) is 265 Å². The first-order valence-corrected chi connectivity index (χ1v) is 31.3. The minimum absolute atomic E-state index is 0.145. The highest BCUT2D eigenvalue weighted by atomic mass is 16.6. The van der Waals surface area contributed by atoms with Gasteiger partial charge in [0.1, 0.15) is 13.2 Å². The molecule has 0 aromatic heterocycles. The molecule has 0 unspecified atom stereocenters. The highest BCUT2D eigenvalue weighted by molar-refractivity contribution is 5.71. The van der Waals surface area contributed by atoms with Crippen molar-refractivity contribution in [3.8, 4) is 0 Å². The fraction of sp³-hybridized carbons (Fsp3) is 0.620. The summed E-state index contributed by atoms with van der Waals surface area (Å²) in [4.78, 5) is 38.2. The van der Waals surface area contributed by atoms with Gasteiger partial charge in [-0.1, -0.05) is 295 Å². The second-order valence-corrected chi connectivity index (χ2v) is 20.2. The van der Waals surface area contributed by atoms with Crippen LogP contribution in [0.4, 0.5) is 0 Å². The van der Waals surface area contributed by atoms with Crippen LogP contribution in [0.2, 0.25) is 0 Å². The Morgan fingerprint density at radius 1 is 0.273 bits per heavy atom. The van der Waals surface area contributed by atoms with Crippen molar-refractivity contribution in [2.24, 2.45) is 0 Å². The first kappa shape index (κ1) is 72.3. The Bertz CT molecular complexity index is 1600. The summed E-state index contributed by atoms with van der Waals surface area (Å²) in [6.45, 7) is 6.30. The van der Waals surface area contributed by atoms with Crippen LogP contribution in [0, 0.1) is 0 Å². The van der Waals surface area contributed by atoms with Crippen LogP contribution in [0.5, 0.6) is 0 Å². The Hall–Kier alpha value is -4.71. The zero-order valence-corrected chi connectivity index (χ0v) is 49.7. The Labute approximate surface area is 474 Å². The molecule has 6 heteroatoms. The first-order valence-electron chi connectivity index (χ1n) is 31.3. The topological polar surface area (TPSA) is 78.9 Å². The smallest absolute Gasteiger partial charge is 0.306 e. The van der Waals surface area contributed by atoms with Crippen LogP contribution in [0.3, 0.4) is 0 Å². The van der Waals surface area contributed by atoms with Crippen LogP contribution in [-0.4, -0.2) is 37.2 Å². The van der Waals surface area contributed by atoms with Gasteiger partial charge in [0, 0.05) is 19.3 Å². The minimum Gasteiger partial charge on any atom is -0.462 e. The molecule has 434 valence electrons. The van der Waals surface area contributed by atoms with Crippen molar-refractivity contribution in [1.29, 1.82) is 0 Å². The highest BCUT2D eigenvalue weighted by Crippen LogP contribution is 2.16. The molecule has 0 N–H and O–H groups in total. The van der Waals surface area contributed by atoms with Crippen molar-refractivity contribution in [2.75, 3.05) is 13.2 Å². The number of carbonyl (C=O) groups excluding carboxylic acids is 3. The van der Waals surface area contributed by atoms with Gasteiger partial charge in [-0.15, -0.1) is 0 Å². The Kier molecular flexibility index (Phi) is 59.9. The van der Waals surface area contributed by atoms with Crippen LogP contribution < -0.4 is 0 Å². The van der Waals surface area contributed by atoms with Crippen molar-refractivity contribution in [1.82, 2.24) is 0 Å². The summed E-state index contributed by atoms with van der Waals surface area (Å²) in [5.74, 6) is -1.10. The molecule has 0 rings (SSSR count). The number of hydrogen-bond acceptors (Lipinski definition) is 6. The number of unbranched alkanes of at least 4 members (excludes halogenated alkanes) is 20.